The van der Waals surface area contributed by atoms with Crippen molar-refractivity contribution in [1.82, 2.24) is 20.0 Å². The van der Waals surface area contributed by atoms with Crippen molar-refractivity contribution in [2.45, 2.75) is 6.92 Å². The molecule has 7 heteroatoms. The molecule has 0 bridgehead atoms. The molecule has 1 aromatic rings. The minimum atomic E-state index is 0. The molecule has 1 aliphatic heterocycles. The van der Waals surface area contributed by atoms with Gasteiger partial charge in [0.05, 0.1) is 6.54 Å². The van der Waals surface area contributed by atoms with E-state index in [2.05, 4.69) is 46.0 Å². The molecule has 1 unspecified atom stereocenters. The zero-order valence-electron chi connectivity index (χ0n) is 17.2. The molecule has 2 rings (SSSR count). The number of hydrogen-bond donors (Lipinski definition) is 1. The van der Waals surface area contributed by atoms with E-state index in [9.17, 15) is 0 Å². The number of piperazine rings is 1. The predicted octanol–water partition coefficient (Wildman–Crippen LogP) is 2.07. The van der Waals surface area contributed by atoms with Gasteiger partial charge in [-0.1, -0.05) is 25.1 Å². The van der Waals surface area contributed by atoms with Crippen molar-refractivity contribution in [3.05, 3.63) is 30.3 Å². The molecular formula is C20H36IN5O. The van der Waals surface area contributed by atoms with E-state index < -0.39 is 0 Å². The Labute approximate surface area is 182 Å². The molecular weight excluding hydrogens is 453 g/mol. The van der Waals surface area contributed by atoms with Gasteiger partial charge < -0.3 is 24.8 Å². The number of hydrogen-bond acceptors (Lipinski definition) is 4. The van der Waals surface area contributed by atoms with Gasteiger partial charge in [-0.3, -0.25) is 4.99 Å². The summed E-state index contributed by atoms with van der Waals surface area (Å²) in [5, 5.41) is 3.50. The van der Waals surface area contributed by atoms with Gasteiger partial charge in [0.2, 0.25) is 0 Å². The van der Waals surface area contributed by atoms with Crippen LogP contribution in [0, 0.1) is 5.92 Å². The quantitative estimate of drug-likeness (QED) is 0.344. The summed E-state index contributed by atoms with van der Waals surface area (Å²) in [7, 11) is 6.08. The Morgan fingerprint density at radius 3 is 2.52 bits per heavy atom. The average molecular weight is 489 g/mol. The zero-order chi connectivity index (χ0) is 18.8. The van der Waals surface area contributed by atoms with Crippen LogP contribution < -0.4 is 10.1 Å². The van der Waals surface area contributed by atoms with E-state index in [1.54, 1.807) is 0 Å². The van der Waals surface area contributed by atoms with Crippen molar-refractivity contribution < 1.29 is 4.74 Å². The number of halogens is 1. The monoisotopic (exact) mass is 489 g/mol. The van der Waals surface area contributed by atoms with Gasteiger partial charge >= 0.3 is 0 Å². The van der Waals surface area contributed by atoms with Gasteiger partial charge in [0.1, 0.15) is 12.4 Å². The number of nitrogens with one attached hydrogen (secondary N) is 1. The molecule has 154 valence electrons. The minimum absolute atomic E-state index is 0. The van der Waals surface area contributed by atoms with Crippen molar-refractivity contribution >= 4 is 29.9 Å². The molecule has 0 radical (unpaired) electrons. The summed E-state index contributed by atoms with van der Waals surface area (Å²) in [6.07, 6.45) is 0. The van der Waals surface area contributed by atoms with Crippen molar-refractivity contribution in [1.29, 1.82) is 0 Å². The Balaban J connectivity index is 0.00000364. The Bertz CT molecular complexity index is 534. The van der Waals surface area contributed by atoms with Crippen molar-refractivity contribution in [2.75, 3.05) is 73.6 Å². The van der Waals surface area contributed by atoms with Gasteiger partial charge in [0.15, 0.2) is 5.96 Å². The highest BCUT2D eigenvalue weighted by molar-refractivity contribution is 14.0. The summed E-state index contributed by atoms with van der Waals surface area (Å²) < 4.78 is 5.77. The maximum Gasteiger partial charge on any atom is 0.193 e. The lowest BCUT2D eigenvalue weighted by Gasteiger charge is -2.34. The molecule has 0 amide bonds. The van der Waals surface area contributed by atoms with Gasteiger partial charge in [0, 0.05) is 53.4 Å². The number of benzene rings is 1. The summed E-state index contributed by atoms with van der Waals surface area (Å²) in [6, 6.07) is 9.93. The Hall–Kier alpha value is -1.06. The van der Waals surface area contributed by atoms with Crippen LogP contribution in [0.3, 0.4) is 0 Å². The second-order valence-corrected chi connectivity index (χ2v) is 7.22. The summed E-state index contributed by atoms with van der Waals surface area (Å²) >= 11 is 0. The Kier molecular flexibility index (Phi) is 11.7. The van der Waals surface area contributed by atoms with Gasteiger partial charge in [-0.2, -0.15) is 0 Å². The Morgan fingerprint density at radius 1 is 1.22 bits per heavy atom. The highest BCUT2D eigenvalue weighted by atomic mass is 127. The van der Waals surface area contributed by atoms with Crippen LogP contribution in [0.4, 0.5) is 0 Å². The molecule has 6 nitrogen and oxygen atoms in total. The highest BCUT2D eigenvalue weighted by Gasteiger charge is 2.16. The molecule has 0 aromatic heterocycles. The molecule has 0 aliphatic carbocycles. The minimum Gasteiger partial charge on any atom is -0.492 e. The van der Waals surface area contributed by atoms with Gasteiger partial charge in [-0.15, -0.1) is 24.0 Å². The van der Waals surface area contributed by atoms with Crippen LogP contribution in [-0.4, -0.2) is 94.2 Å². The summed E-state index contributed by atoms with van der Waals surface area (Å²) in [4.78, 5) is 11.5. The molecule has 0 saturated carbocycles. The smallest absolute Gasteiger partial charge is 0.193 e. The third-order valence-electron chi connectivity index (χ3n) is 4.79. The molecule has 0 spiro atoms. The maximum atomic E-state index is 5.77. The van der Waals surface area contributed by atoms with Crippen molar-refractivity contribution in [3.63, 3.8) is 0 Å². The maximum absolute atomic E-state index is 5.77. The Morgan fingerprint density at radius 2 is 1.89 bits per heavy atom. The number of para-hydroxylation sites is 1. The number of guanidine groups is 1. The third-order valence-corrected chi connectivity index (χ3v) is 4.79. The van der Waals surface area contributed by atoms with Gasteiger partial charge in [0.25, 0.3) is 0 Å². The van der Waals surface area contributed by atoms with Crippen LogP contribution in [0.15, 0.2) is 35.3 Å². The van der Waals surface area contributed by atoms with Crippen LogP contribution in [0.2, 0.25) is 0 Å². The summed E-state index contributed by atoms with van der Waals surface area (Å²) in [6.45, 7) is 10.5. The van der Waals surface area contributed by atoms with Crippen molar-refractivity contribution in [2.24, 2.45) is 10.9 Å². The van der Waals surface area contributed by atoms with E-state index in [1.807, 2.05) is 37.4 Å². The fourth-order valence-corrected chi connectivity index (χ4v) is 3.11. The molecule has 1 N–H and O–H groups in total. The predicted molar refractivity (Wildman–Crippen MR) is 124 cm³/mol. The zero-order valence-corrected chi connectivity index (χ0v) is 19.6. The molecule has 1 saturated heterocycles. The topological polar surface area (TPSA) is 43.3 Å². The molecule has 1 aromatic carbocycles. The van der Waals surface area contributed by atoms with E-state index in [0.29, 0.717) is 12.5 Å². The normalized spacial score (nSPS) is 17.1. The van der Waals surface area contributed by atoms with Gasteiger partial charge in [-0.25, -0.2) is 0 Å². The lowest BCUT2D eigenvalue weighted by Crippen LogP contribution is -2.48. The van der Waals surface area contributed by atoms with E-state index in [0.717, 1.165) is 31.3 Å². The third kappa shape index (κ3) is 9.12. The van der Waals surface area contributed by atoms with Crippen molar-refractivity contribution in [3.8, 4) is 5.75 Å². The van der Waals surface area contributed by atoms with E-state index in [4.69, 9.17) is 4.74 Å². The first kappa shape index (κ1) is 24.0. The second kappa shape index (κ2) is 13.2. The first-order valence-corrected chi connectivity index (χ1v) is 9.59. The average Bonchev–Trinajstić information content (AvgIpc) is 2.65. The SMILES string of the molecule is CN=C(NCC(C)CN1CCN(C)CC1)N(C)CCOc1ccccc1.I. The molecule has 1 aliphatic rings. The summed E-state index contributed by atoms with van der Waals surface area (Å²) in [5.41, 5.74) is 0. The van der Waals surface area contributed by atoms with Crippen LogP contribution in [0.25, 0.3) is 0 Å². The standard InChI is InChI=1S/C20H35N5O.HI/c1-18(17-25-12-10-23(3)11-13-25)16-22-20(21-2)24(4)14-15-26-19-8-6-5-7-9-19;/h5-9,18H,10-17H2,1-4H3,(H,21,22);1H. The lowest BCUT2D eigenvalue weighted by atomic mass is 10.1. The largest absolute Gasteiger partial charge is 0.492 e. The van der Waals surface area contributed by atoms with Crippen LogP contribution >= 0.6 is 24.0 Å². The van der Waals surface area contributed by atoms with Crippen LogP contribution in [0.1, 0.15) is 6.92 Å². The van der Waals surface area contributed by atoms with E-state index in [-0.39, 0.29) is 24.0 Å². The highest BCUT2D eigenvalue weighted by Crippen LogP contribution is 2.08. The fourth-order valence-electron chi connectivity index (χ4n) is 3.11. The van der Waals surface area contributed by atoms with Gasteiger partial charge in [-0.05, 0) is 25.1 Å². The molecule has 27 heavy (non-hydrogen) atoms. The fraction of sp³-hybridized carbons (Fsp3) is 0.650. The first-order valence-electron chi connectivity index (χ1n) is 9.59. The number of ether oxygens (including phenoxy) is 1. The summed E-state index contributed by atoms with van der Waals surface area (Å²) in [5.74, 6) is 2.42. The number of nitrogens with zero attached hydrogens (tertiary/aromatic N) is 4. The number of aliphatic imine (C=N–C) groups is 1. The van der Waals surface area contributed by atoms with E-state index >= 15 is 0 Å². The van der Waals surface area contributed by atoms with Crippen LogP contribution in [-0.2, 0) is 0 Å². The molecule has 1 atom stereocenters. The second-order valence-electron chi connectivity index (χ2n) is 7.22. The van der Waals surface area contributed by atoms with Crippen LogP contribution in [0.5, 0.6) is 5.75 Å². The first-order chi connectivity index (χ1) is 12.6. The lowest BCUT2D eigenvalue weighted by molar-refractivity contribution is 0.139. The number of likely N-dealkylation sites (N-methyl/N-ethyl adjacent to an activating group) is 2. The number of rotatable bonds is 8. The molecule has 1 heterocycles. The molecule has 1 fully saturated rings. The van der Waals surface area contributed by atoms with E-state index in [1.165, 1.54) is 26.2 Å².